The highest BCUT2D eigenvalue weighted by Crippen LogP contribution is 2.35. The Morgan fingerprint density at radius 2 is 2.00 bits per heavy atom. The first kappa shape index (κ1) is 13.7. The third kappa shape index (κ3) is 2.89. The van der Waals surface area contributed by atoms with Gasteiger partial charge in [-0.15, -0.1) is 0 Å². The van der Waals surface area contributed by atoms with Gasteiger partial charge in [0.2, 0.25) is 0 Å². The maximum Gasteiger partial charge on any atom is 0.124 e. The SMILES string of the molecule is NC[C@@H]1CCCc2cc(Sc3cccc(F)c3)ccc21. The summed E-state index contributed by atoms with van der Waals surface area (Å²) in [6, 6.07) is 13.3. The van der Waals surface area contributed by atoms with Crippen LogP contribution in [0.2, 0.25) is 0 Å². The molecule has 1 nitrogen and oxygen atoms in total. The van der Waals surface area contributed by atoms with Gasteiger partial charge in [0.25, 0.3) is 0 Å². The van der Waals surface area contributed by atoms with Crippen LogP contribution in [0, 0.1) is 5.82 Å². The van der Waals surface area contributed by atoms with Gasteiger partial charge in [0.1, 0.15) is 5.82 Å². The molecule has 1 atom stereocenters. The van der Waals surface area contributed by atoms with Crippen LogP contribution < -0.4 is 5.73 Å². The van der Waals surface area contributed by atoms with Crippen molar-refractivity contribution in [1.82, 2.24) is 0 Å². The minimum Gasteiger partial charge on any atom is -0.330 e. The molecule has 2 N–H and O–H groups in total. The van der Waals surface area contributed by atoms with Crippen molar-refractivity contribution >= 4 is 11.8 Å². The molecule has 20 heavy (non-hydrogen) atoms. The van der Waals surface area contributed by atoms with E-state index in [-0.39, 0.29) is 5.82 Å². The van der Waals surface area contributed by atoms with Gasteiger partial charge in [-0.2, -0.15) is 0 Å². The highest BCUT2D eigenvalue weighted by molar-refractivity contribution is 7.99. The van der Waals surface area contributed by atoms with E-state index in [1.165, 1.54) is 34.9 Å². The third-order valence-corrected chi connectivity index (χ3v) is 4.85. The van der Waals surface area contributed by atoms with E-state index >= 15 is 0 Å². The number of hydrogen-bond donors (Lipinski definition) is 1. The predicted octanol–water partition coefficient (Wildman–Crippen LogP) is 4.36. The second-order valence-electron chi connectivity index (χ2n) is 5.24. The molecule has 2 aromatic rings. The number of benzene rings is 2. The smallest absolute Gasteiger partial charge is 0.124 e. The summed E-state index contributed by atoms with van der Waals surface area (Å²) >= 11 is 1.61. The minimum atomic E-state index is -0.184. The molecular weight excluding hydrogens is 269 g/mol. The maximum atomic E-state index is 13.2. The molecule has 0 bridgehead atoms. The van der Waals surface area contributed by atoms with E-state index in [4.69, 9.17) is 5.73 Å². The predicted molar refractivity (Wildman–Crippen MR) is 81.7 cm³/mol. The van der Waals surface area contributed by atoms with E-state index in [0.717, 1.165) is 17.9 Å². The highest BCUT2D eigenvalue weighted by Gasteiger charge is 2.19. The summed E-state index contributed by atoms with van der Waals surface area (Å²) in [7, 11) is 0. The topological polar surface area (TPSA) is 26.0 Å². The van der Waals surface area contributed by atoms with Crippen molar-refractivity contribution in [2.45, 2.75) is 35.0 Å². The summed E-state index contributed by atoms with van der Waals surface area (Å²) in [4.78, 5) is 2.11. The number of hydrogen-bond acceptors (Lipinski definition) is 2. The van der Waals surface area contributed by atoms with Crippen molar-refractivity contribution in [1.29, 1.82) is 0 Å². The largest absolute Gasteiger partial charge is 0.330 e. The fourth-order valence-electron chi connectivity index (χ4n) is 2.87. The Morgan fingerprint density at radius 3 is 2.80 bits per heavy atom. The average Bonchev–Trinajstić information content (AvgIpc) is 2.46. The molecule has 1 aliphatic rings. The summed E-state index contributed by atoms with van der Waals surface area (Å²) in [6.07, 6.45) is 3.53. The highest BCUT2D eigenvalue weighted by atomic mass is 32.2. The summed E-state index contributed by atoms with van der Waals surface area (Å²) < 4.78 is 13.2. The molecule has 0 unspecified atom stereocenters. The molecule has 3 rings (SSSR count). The maximum absolute atomic E-state index is 13.2. The first-order valence-corrected chi connectivity index (χ1v) is 7.84. The van der Waals surface area contributed by atoms with Gasteiger partial charge < -0.3 is 5.73 Å². The van der Waals surface area contributed by atoms with Crippen LogP contribution >= 0.6 is 11.8 Å². The monoisotopic (exact) mass is 287 g/mol. The van der Waals surface area contributed by atoms with E-state index in [0.29, 0.717) is 5.92 Å². The number of aryl methyl sites for hydroxylation is 1. The number of nitrogens with two attached hydrogens (primary N) is 1. The lowest BCUT2D eigenvalue weighted by atomic mass is 9.83. The molecule has 0 aromatic heterocycles. The Balaban J connectivity index is 1.85. The third-order valence-electron chi connectivity index (χ3n) is 3.87. The first-order valence-electron chi connectivity index (χ1n) is 7.02. The number of halogens is 1. The van der Waals surface area contributed by atoms with Gasteiger partial charge in [-0.05, 0) is 73.2 Å². The number of fused-ring (bicyclic) bond motifs is 1. The molecule has 0 heterocycles. The molecule has 0 amide bonds. The molecule has 0 saturated heterocycles. The van der Waals surface area contributed by atoms with E-state index in [1.807, 2.05) is 6.07 Å². The Hall–Kier alpha value is -1.32. The van der Waals surface area contributed by atoms with E-state index < -0.39 is 0 Å². The molecule has 0 fully saturated rings. The number of rotatable bonds is 3. The van der Waals surface area contributed by atoms with Crippen LogP contribution in [-0.2, 0) is 6.42 Å². The van der Waals surface area contributed by atoms with Crippen LogP contribution in [0.25, 0.3) is 0 Å². The molecule has 3 heteroatoms. The minimum absolute atomic E-state index is 0.184. The summed E-state index contributed by atoms with van der Waals surface area (Å²) in [6.45, 7) is 0.726. The van der Waals surface area contributed by atoms with Crippen LogP contribution in [0.15, 0.2) is 52.3 Å². The molecule has 104 valence electrons. The zero-order valence-corrected chi connectivity index (χ0v) is 12.1. The molecule has 0 radical (unpaired) electrons. The van der Waals surface area contributed by atoms with Crippen LogP contribution in [0.1, 0.15) is 29.9 Å². The van der Waals surface area contributed by atoms with Gasteiger partial charge in [-0.3, -0.25) is 0 Å². The second kappa shape index (κ2) is 5.98. The van der Waals surface area contributed by atoms with Gasteiger partial charge >= 0.3 is 0 Å². The standard InChI is InChI=1S/C17H18FNS/c18-14-5-2-6-15(10-14)20-16-7-8-17-12(9-16)3-1-4-13(17)11-19/h2,5-10,13H,1,3-4,11,19H2/t13-/m0/s1. The summed E-state index contributed by atoms with van der Waals surface area (Å²) in [5, 5.41) is 0. The zero-order valence-electron chi connectivity index (χ0n) is 11.3. The van der Waals surface area contributed by atoms with Gasteiger partial charge in [0.15, 0.2) is 0 Å². The zero-order chi connectivity index (χ0) is 13.9. The lowest BCUT2D eigenvalue weighted by Gasteiger charge is -2.24. The molecular formula is C17H18FNS. The van der Waals surface area contributed by atoms with E-state index in [2.05, 4.69) is 18.2 Å². The fraction of sp³-hybridized carbons (Fsp3) is 0.294. The van der Waals surface area contributed by atoms with Crippen molar-refractivity contribution < 1.29 is 4.39 Å². The molecule has 2 aromatic carbocycles. The van der Waals surface area contributed by atoms with Crippen molar-refractivity contribution in [3.63, 3.8) is 0 Å². The van der Waals surface area contributed by atoms with Crippen LogP contribution in [0.3, 0.4) is 0 Å². The molecule has 0 spiro atoms. The molecule has 1 aliphatic carbocycles. The lowest BCUT2D eigenvalue weighted by Crippen LogP contribution is -2.18. The van der Waals surface area contributed by atoms with Gasteiger partial charge in [0.05, 0.1) is 0 Å². The van der Waals surface area contributed by atoms with Crippen LogP contribution in [0.4, 0.5) is 4.39 Å². The van der Waals surface area contributed by atoms with Crippen molar-refractivity contribution in [3.05, 3.63) is 59.4 Å². The van der Waals surface area contributed by atoms with Gasteiger partial charge in [-0.1, -0.05) is 23.9 Å². The average molecular weight is 287 g/mol. The fourth-order valence-corrected chi connectivity index (χ4v) is 3.79. The van der Waals surface area contributed by atoms with E-state index in [9.17, 15) is 4.39 Å². The van der Waals surface area contributed by atoms with E-state index in [1.54, 1.807) is 23.9 Å². The quantitative estimate of drug-likeness (QED) is 0.908. The lowest BCUT2D eigenvalue weighted by molar-refractivity contribution is 0.560. The Morgan fingerprint density at radius 1 is 1.15 bits per heavy atom. The summed E-state index contributed by atoms with van der Waals surface area (Å²) in [5.41, 5.74) is 8.66. The second-order valence-corrected chi connectivity index (χ2v) is 6.39. The van der Waals surface area contributed by atoms with Crippen molar-refractivity contribution in [3.8, 4) is 0 Å². The summed E-state index contributed by atoms with van der Waals surface area (Å²) in [5.74, 6) is 0.322. The van der Waals surface area contributed by atoms with Crippen LogP contribution in [0.5, 0.6) is 0 Å². The Bertz CT molecular complexity index is 612. The van der Waals surface area contributed by atoms with Crippen molar-refractivity contribution in [2.24, 2.45) is 5.73 Å². The van der Waals surface area contributed by atoms with Gasteiger partial charge in [-0.25, -0.2) is 4.39 Å². The first-order chi connectivity index (χ1) is 9.76. The Kier molecular flexibility index (Phi) is 4.08. The molecule has 0 aliphatic heterocycles. The normalized spacial score (nSPS) is 17.8. The molecule has 0 saturated carbocycles. The van der Waals surface area contributed by atoms with Gasteiger partial charge in [0, 0.05) is 9.79 Å². The Labute approximate surface area is 123 Å². The van der Waals surface area contributed by atoms with Crippen molar-refractivity contribution in [2.75, 3.05) is 6.54 Å². The van der Waals surface area contributed by atoms with Crippen LogP contribution in [-0.4, -0.2) is 6.54 Å².